The fourth-order valence-electron chi connectivity index (χ4n) is 3.07. The van der Waals surface area contributed by atoms with Gasteiger partial charge in [0.25, 0.3) is 0 Å². The molecule has 1 aliphatic rings. The number of hydrogen-bond acceptors (Lipinski definition) is 4. The monoisotopic (exact) mass is 312 g/mol. The fraction of sp³-hybridized carbons (Fsp3) is 0.389. The second-order valence-electron chi connectivity index (χ2n) is 5.93. The van der Waals surface area contributed by atoms with Crippen LogP contribution in [0.1, 0.15) is 31.2 Å². The van der Waals surface area contributed by atoms with Crippen molar-refractivity contribution in [2.75, 3.05) is 7.11 Å². The third-order valence-electron chi connectivity index (χ3n) is 4.47. The molecule has 1 N–H and O–H groups in total. The maximum absolute atomic E-state index is 11.0. The van der Waals surface area contributed by atoms with Crippen LogP contribution in [-0.2, 0) is 4.79 Å². The molecule has 0 aromatic carbocycles. The number of aromatic nitrogens is 2. The summed E-state index contributed by atoms with van der Waals surface area (Å²) in [5, 5.41) is 9.06. The quantitative estimate of drug-likeness (QED) is 0.934. The Kier molecular flexibility index (Phi) is 4.55. The molecule has 23 heavy (non-hydrogen) atoms. The number of carboxylic acid groups (broad SMARTS) is 1. The van der Waals surface area contributed by atoms with Crippen LogP contribution in [0.5, 0.6) is 5.88 Å². The first kappa shape index (κ1) is 15.5. The molecule has 2 heterocycles. The molecule has 5 heteroatoms. The van der Waals surface area contributed by atoms with Crippen molar-refractivity contribution in [1.82, 2.24) is 9.97 Å². The first-order valence-corrected chi connectivity index (χ1v) is 7.88. The molecule has 2 aromatic heterocycles. The Morgan fingerprint density at radius 2 is 2.04 bits per heavy atom. The highest BCUT2D eigenvalue weighted by Gasteiger charge is 2.24. The predicted octanol–water partition coefficient (Wildman–Crippen LogP) is 3.54. The highest BCUT2D eigenvalue weighted by Crippen LogP contribution is 2.30. The molecule has 0 spiro atoms. The minimum absolute atomic E-state index is 0.174. The molecule has 120 valence electrons. The van der Waals surface area contributed by atoms with Crippen LogP contribution in [0, 0.1) is 11.8 Å². The zero-order chi connectivity index (χ0) is 16.2. The second kappa shape index (κ2) is 6.77. The van der Waals surface area contributed by atoms with Crippen molar-refractivity contribution in [3.8, 4) is 5.88 Å². The van der Waals surface area contributed by atoms with E-state index in [1.54, 1.807) is 19.4 Å². The molecule has 0 radical (unpaired) electrons. The molecule has 2 aromatic rings. The Hall–Kier alpha value is -2.43. The molecule has 3 rings (SSSR count). The van der Waals surface area contributed by atoms with Crippen molar-refractivity contribution in [3.63, 3.8) is 0 Å². The van der Waals surface area contributed by atoms with E-state index in [0.29, 0.717) is 11.8 Å². The Bertz CT molecular complexity index is 734. The average molecular weight is 312 g/mol. The molecule has 0 bridgehead atoms. The van der Waals surface area contributed by atoms with E-state index >= 15 is 0 Å². The number of methoxy groups -OCH3 is 1. The third-order valence-corrected chi connectivity index (χ3v) is 4.47. The van der Waals surface area contributed by atoms with Gasteiger partial charge < -0.3 is 9.84 Å². The van der Waals surface area contributed by atoms with Crippen LogP contribution in [0.2, 0.25) is 0 Å². The van der Waals surface area contributed by atoms with E-state index in [1.807, 2.05) is 12.1 Å². The number of carbonyl (C=O) groups is 1. The van der Waals surface area contributed by atoms with Crippen LogP contribution in [0.15, 0.2) is 30.5 Å². The molecule has 1 saturated carbocycles. The van der Waals surface area contributed by atoms with Crippen LogP contribution in [-0.4, -0.2) is 28.2 Å². The van der Waals surface area contributed by atoms with Crippen molar-refractivity contribution >= 4 is 23.1 Å². The smallest absolute Gasteiger partial charge is 0.306 e. The lowest BCUT2D eigenvalue weighted by Gasteiger charge is -2.23. The summed E-state index contributed by atoms with van der Waals surface area (Å²) in [6, 6.07) is 5.64. The molecule has 0 saturated heterocycles. The van der Waals surface area contributed by atoms with E-state index in [4.69, 9.17) is 9.84 Å². The molecular weight excluding hydrogens is 292 g/mol. The van der Waals surface area contributed by atoms with Crippen LogP contribution in [0.3, 0.4) is 0 Å². The standard InChI is InChI=1S/C18H20N2O3/c1-23-16-9-8-15-17(20-16)13(10-11-19-15)5-2-12-3-6-14(7-4-12)18(21)22/h2,5,8-12,14H,3-4,6-7H2,1H3,(H,21,22). The highest BCUT2D eigenvalue weighted by atomic mass is 16.5. The second-order valence-corrected chi connectivity index (χ2v) is 5.93. The predicted molar refractivity (Wildman–Crippen MR) is 88.2 cm³/mol. The Morgan fingerprint density at radius 3 is 2.74 bits per heavy atom. The van der Waals surface area contributed by atoms with Gasteiger partial charge in [0, 0.05) is 17.8 Å². The van der Waals surface area contributed by atoms with E-state index < -0.39 is 5.97 Å². The van der Waals surface area contributed by atoms with Gasteiger partial charge in [-0.05, 0) is 43.7 Å². The number of aliphatic carboxylic acids is 1. The molecule has 5 nitrogen and oxygen atoms in total. The fourth-order valence-corrected chi connectivity index (χ4v) is 3.07. The lowest BCUT2D eigenvalue weighted by molar-refractivity contribution is -0.142. The maximum atomic E-state index is 11.0. The summed E-state index contributed by atoms with van der Waals surface area (Å²) >= 11 is 0. The number of nitrogens with zero attached hydrogens (tertiary/aromatic N) is 2. The molecule has 0 aliphatic heterocycles. The number of pyridine rings is 2. The number of fused-ring (bicyclic) bond motifs is 1. The summed E-state index contributed by atoms with van der Waals surface area (Å²) in [5.41, 5.74) is 2.67. The Morgan fingerprint density at radius 1 is 1.26 bits per heavy atom. The van der Waals surface area contributed by atoms with Crippen LogP contribution in [0.25, 0.3) is 17.1 Å². The van der Waals surface area contributed by atoms with Gasteiger partial charge in [-0.15, -0.1) is 0 Å². The lowest BCUT2D eigenvalue weighted by Crippen LogP contribution is -2.20. The lowest BCUT2D eigenvalue weighted by atomic mass is 9.82. The van der Waals surface area contributed by atoms with Gasteiger partial charge >= 0.3 is 5.97 Å². The summed E-state index contributed by atoms with van der Waals surface area (Å²) in [5.74, 6) is 0.165. The summed E-state index contributed by atoms with van der Waals surface area (Å²) in [4.78, 5) is 19.8. The van der Waals surface area contributed by atoms with Gasteiger partial charge in [-0.3, -0.25) is 9.78 Å². The van der Waals surface area contributed by atoms with Crippen LogP contribution < -0.4 is 4.74 Å². The molecule has 1 fully saturated rings. The van der Waals surface area contributed by atoms with E-state index in [1.165, 1.54) is 0 Å². The number of carboxylic acids is 1. The Balaban J connectivity index is 1.77. The normalized spacial score (nSPS) is 21.6. The van der Waals surface area contributed by atoms with Crippen molar-refractivity contribution in [3.05, 3.63) is 36.0 Å². The topological polar surface area (TPSA) is 72.3 Å². The van der Waals surface area contributed by atoms with Gasteiger partial charge in [-0.2, -0.15) is 0 Å². The first-order chi connectivity index (χ1) is 11.2. The number of rotatable bonds is 4. The van der Waals surface area contributed by atoms with E-state index in [-0.39, 0.29) is 5.92 Å². The van der Waals surface area contributed by atoms with Gasteiger partial charge in [0.1, 0.15) is 0 Å². The molecule has 0 unspecified atom stereocenters. The van der Waals surface area contributed by atoms with Crippen LogP contribution >= 0.6 is 0 Å². The van der Waals surface area contributed by atoms with E-state index in [0.717, 1.165) is 42.3 Å². The van der Waals surface area contributed by atoms with Gasteiger partial charge in [-0.1, -0.05) is 12.2 Å². The molecule has 0 atom stereocenters. The summed E-state index contributed by atoms with van der Waals surface area (Å²) in [7, 11) is 1.60. The minimum Gasteiger partial charge on any atom is -0.481 e. The molecular formula is C18H20N2O3. The van der Waals surface area contributed by atoms with Crippen molar-refractivity contribution in [1.29, 1.82) is 0 Å². The number of hydrogen-bond donors (Lipinski definition) is 1. The Labute approximate surface area is 135 Å². The zero-order valence-corrected chi connectivity index (χ0v) is 13.1. The van der Waals surface area contributed by atoms with Gasteiger partial charge in [0.15, 0.2) is 0 Å². The maximum Gasteiger partial charge on any atom is 0.306 e. The van der Waals surface area contributed by atoms with Gasteiger partial charge in [0.05, 0.1) is 24.1 Å². The van der Waals surface area contributed by atoms with Gasteiger partial charge in [-0.25, -0.2) is 4.98 Å². The van der Waals surface area contributed by atoms with E-state index in [9.17, 15) is 4.79 Å². The van der Waals surface area contributed by atoms with Crippen molar-refractivity contribution in [2.24, 2.45) is 11.8 Å². The third kappa shape index (κ3) is 3.50. The SMILES string of the molecule is COc1ccc2nccc(C=CC3CCC(C(=O)O)CC3)c2n1. The summed E-state index contributed by atoms with van der Waals surface area (Å²) < 4.78 is 5.19. The van der Waals surface area contributed by atoms with Crippen molar-refractivity contribution < 1.29 is 14.6 Å². The van der Waals surface area contributed by atoms with E-state index in [2.05, 4.69) is 22.1 Å². The van der Waals surface area contributed by atoms with Crippen molar-refractivity contribution in [2.45, 2.75) is 25.7 Å². The summed E-state index contributed by atoms with van der Waals surface area (Å²) in [6.07, 6.45) is 9.38. The van der Waals surface area contributed by atoms with Gasteiger partial charge in [0.2, 0.25) is 5.88 Å². The first-order valence-electron chi connectivity index (χ1n) is 7.88. The van der Waals surface area contributed by atoms with Crippen LogP contribution in [0.4, 0.5) is 0 Å². The number of allylic oxidation sites excluding steroid dienone is 1. The molecule has 0 amide bonds. The summed E-state index contributed by atoms with van der Waals surface area (Å²) in [6.45, 7) is 0. The largest absolute Gasteiger partial charge is 0.481 e. The zero-order valence-electron chi connectivity index (χ0n) is 13.1. The molecule has 1 aliphatic carbocycles. The highest BCUT2D eigenvalue weighted by molar-refractivity contribution is 5.84. The average Bonchev–Trinajstić information content (AvgIpc) is 2.59. The number of ether oxygens (including phenoxy) is 1. The minimum atomic E-state index is -0.663.